The van der Waals surface area contributed by atoms with E-state index in [-0.39, 0.29) is 24.0 Å². The van der Waals surface area contributed by atoms with Gasteiger partial charge in [0.15, 0.2) is 0 Å². The van der Waals surface area contributed by atoms with Gasteiger partial charge in [0.2, 0.25) is 0 Å². The molecule has 4 heteroatoms. The van der Waals surface area contributed by atoms with Crippen molar-refractivity contribution in [1.29, 1.82) is 0 Å². The number of aliphatic hydroxyl groups excluding tert-OH is 2. The lowest BCUT2D eigenvalue weighted by atomic mass is 9.89. The number of hydrogen-bond donors (Lipinski definition) is 2. The summed E-state index contributed by atoms with van der Waals surface area (Å²) < 4.78 is 11.7. The van der Waals surface area contributed by atoms with E-state index >= 15 is 0 Å². The van der Waals surface area contributed by atoms with Gasteiger partial charge in [-0.2, -0.15) is 0 Å². The van der Waals surface area contributed by atoms with E-state index in [1.54, 1.807) is 0 Å². The molecule has 0 aromatic heterocycles. The van der Waals surface area contributed by atoms with Crippen LogP contribution in [0.2, 0.25) is 0 Å². The lowest BCUT2D eigenvalue weighted by Gasteiger charge is -2.22. The van der Waals surface area contributed by atoms with Crippen molar-refractivity contribution in [3.8, 4) is 0 Å². The van der Waals surface area contributed by atoms with Gasteiger partial charge in [0.1, 0.15) is 0 Å². The maximum Gasteiger partial charge on any atom is 0.0482 e. The number of hydrogen-bond acceptors (Lipinski definition) is 3. The van der Waals surface area contributed by atoms with Crippen LogP contribution in [0, 0.1) is 10.8 Å². The van der Waals surface area contributed by atoms with Gasteiger partial charge >= 0.3 is 0 Å². The second-order valence-corrected chi connectivity index (χ2v) is 8.04. The molecule has 0 aliphatic carbocycles. The smallest absolute Gasteiger partial charge is 0.0482 e. The first kappa shape index (κ1) is 17.1. The highest BCUT2D eigenvalue weighted by Gasteiger charge is 2.19. The summed E-state index contributed by atoms with van der Waals surface area (Å²) >= 11 is 0. The molecule has 0 rings (SSSR count). The first-order chi connectivity index (χ1) is 7.72. The Morgan fingerprint density at radius 3 is 1.82 bits per heavy atom. The summed E-state index contributed by atoms with van der Waals surface area (Å²) in [6.07, 6.45) is 2.58. The maximum absolute atomic E-state index is 11.7. The van der Waals surface area contributed by atoms with Crippen molar-refractivity contribution in [3.05, 3.63) is 0 Å². The fraction of sp³-hybridized carbons (Fsp3) is 1.00. The molecule has 0 saturated carbocycles. The fourth-order valence-corrected chi connectivity index (χ4v) is 2.81. The summed E-state index contributed by atoms with van der Waals surface area (Å²) in [6.45, 7) is 8.33. The van der Waals surface area contributed by atoms with Crippen molar-refractivity contribution in [2.45, 2.75) is 47.0 Å². The average Bonchev–Trinajstić information content (AvgIpc) is 2.26. The Bertz CT molecular complexity index is 237. The van der Waals surface area contributed by atoms with Gasteiger partial charge in [0, 0.05) is 35.5 Å². The third-order valence-corrected chi connectivity index (χ3v) is 4.49. The molecule has 17 heavy (non-hydrogen) atoms. The van der Waals surface area contributed by atoms with Gasteiger partial charge in [-0.15, -0.1) is 0 Å². The van der Waals surface area contributed by atoms with E-state index in [0.717, 1.165) is 19.3 Å². The van der Waals surface area contributed by atoms with Crippen LogP contribution in [0.15, 0.2) is 0 Å². The average molecular weight is 264 g/mol. The Kier molecular flexibility index (Phi) is 7.52. The van der Waals surface area contributed by atoms with Gasteiger partial charge in [-0.3, -0.25) is 4.21 Å². The standard InChI is InChI=1S/C13H28O3S/c1-12(2,10-14)6-5-8-17(16)9-7-13(3,4)11-15/h14-15H,5-11H2,1-4H3. The molecule has 0 radical (unpaired) electrons. The zero-order valence-corrected chi connectivity index (χ0v) is 12.5. The molecule has 1 atom stereocenters. The Morgan fingerprint density at radius 1 is 0.882 bits per heavy atom. The lowest BCUT2D eigenvalue weighted by molar-refractivity contribution is 0.149. The summed E-state index contributed by atoms with van der Waals surface area (Å²) in [7, 11) is -0.798. The van der Waals surface area contributed by atoms with Crippen molar-refractivity contribution in [3.63, 3.8) is 0 Å². The van der Waals surface area contributed by atoms with Crippen LogP contribution in [0.1, 0.15) is 47.0 Å². The van der Waals surface area contributed by atoms with Crippen LogP contribution in [0.3, 0.4) is 0 Å². The predicted molar refractivity (Wildman–Crippen MR) is 73.5 cm³/mol. The minimum Gasteiger partial charge on any atom is -0.396 e. The highest BCUT2D eigenvalue weighted by Crippen LogP contribution is 2.22. The molecule has 0 fully saturated rings. The molecular formula is C13H28O3S. The SMILES string of the molecule is CC(C)(CO)CCCS(=O)CCC(C)(C)CO. The molecular weight excluding hydrogens is 236 g/mol. The molecule has 0 aromatic rings. The van der Waals surface area contributed by atoms with Gasteiger partial charge in [0.25, 0.3) is 0 Å². The minimum absolute atomic E-state index is 0.0609. The predicted octanol–water partition coefficient (Wildman–Crippen LogP) is 1.94. The van der Waals surface area contributed by atoms with E-state index in [2.05, 4.69) is 0 Å². The number of rotatable bonds is 9. The first-order valence-electron chi connectivity index (χ1n) is 6.29. The molecule has 3 nitrogen and oxygen atoms in total. The van der Waals surface area contributed by atoms with Gasteiger partial charge in [-0.05, 0) is 30.1 Å². The van der Waals surface area contributed by atoms with Crippen molar-refractivity contribution in [2.24, 2.45) is 10.8 Å². The van der Waals surface area contributed by atoms with E-state index in [1.165, 1.54) is 0 Å². The molecule has 0 aliphatic heterocycles. The van der Waals surface area contributed by atoms with Gasteiger partial charge in [-0.1, -0.05) is 27.7 Å². The lowest BCUT2D eigenvalue weighted by Crippen LogP contribution is -2.21. The van der Waals surface area contributed by atoms with E-state index in [4.69, 9.17) is 10.2 Å². The molecule has 0 spiro atoms. The van der Waals surface area contributed by atoms with Gasteiger partial charge < -0.3 is 10.2 Å². The second kappa shape index (κ2) is 7.49. The molecule has 2 N–H and O–H groups in total. The molecule has 1 unspecified atom stereocenters. The van der Waals surface area contributed by atoms with Crippen LogP contribution in [-0.4, -0.2) is 39.1 Å². The Balaban J connectivity index is 3.75. The third-order valence-electron chi connectivity index (χ3n) is 3.09. The van der Waals surface area contributed by atoms with E-state index in [1.807, 2.05) is 27.7 Å². The fourth-order valence-electron chi connectivity index (χ4n) is 1.36. The summed E-state index contributed by atoms with van der Waals surface area (Å²) in [5.74, 6) is 1.36. The van der Waals surface area contributed by atoms with E-state index in [9.17, 15) is 4.21 Å². The summed E-state index contributed by atoms with van der Waals surface area (Å²) in [6, 6.07) is 0. The normalized spacial score (nSPS) is 14.9. The molecule has 0 saturated heterocycles. The van der Waals surface area contributed by atoms with Crippen LogP contribution in [-0.2, 0) is 10.8 Å². The Morgan fingerprint density at radius 2 is 1.35 bits per heavy atom. The van der Waals surface area contributed by atoms with Gasteiger partial charge in [-0.25, -0.2) is 0 Å². The highest BCUT2D eigenvalue weighted by atomic mass is 32.2. The Labute approximate surface area is 108 Å². The van der Waals surface area contributed by atoms with Crippen molar-refractivity contribution in [1.82, 2.24) is 0 Å². The molecule has 0 heterocycles. The third kappa shape index (κ3) is 8.75. The number of aliphatic hydroxyl groups is 2. The second-order valence-electron chi connectivity index (χ2n) is 6.35. The summed E-state index contributed by atoms with van der Waals surface area (Å²) in [5.41, 5.74) is -0.186. The summed E-state index contributed by atoms with van der Waals surface area (Å²) in [5, 5.41) is 18.2. The monoisotopic (exact) mass is 264 g/mol. The van der Waals surface area contributed by atoms with Crippen molar-refractivity contribution >= 4 is 10.8 Å². The zero-order chi connectivity index (χ0) is 13.5. The molecule has 0 aromatic carbocycles. The van der Waals surface area contributed by atoms with Crippen LogP contribution in [0.5, 0.6) is 0 Å². The van der Waals surface area contributed by atoms with Crippen molar-refractivity contribution in [2.75, 3.05) is 24.7 Å². The van der Waals surface area contributed by atoms with Crippen molar-refractivity contribution < 1.29 is 14.4 Å². The molecule has 0 bridgehead atoms. The van der Waals surface area contributed by atoms with E-state index < -0.39 is 10.8 Å². The maximum atomic E-state index is 11.7. The van der Waals surface area contributed by atoms with E-state index in [0.29, 0.717) is 11.5 Å². The van der Waals surface area contributed by atoms with Crippen LogP contribution >= 0.6 is 0 Å². The summed E-state index contributed by atoms with van der Waals surface area (Å²) in [4.78, 5) is 0. The highest BCUT2D eigenvalue weighted by molar-refractivity contribution is 7.84. The Hall–Kier alpha value is 0.0700. The zero-order valence-electron chi connectivity index (χ0n) is 11.7. The first-order valence-corrected chi connectivity index (χ1v) is 7.78. The molecule has 0 aliphatic rings. The van der Waals surface area contributed by atoms with Crippen LogP contribution in [0.4, 0.5) is 0 Å². The van der Waals surface area contributed by atoms with Crippen LogP contribution in [0.25, 0.3) is 0 Å². The molecule has 0 amide bonds. The van der Waals surface area contributed by atoms with Crippen LogP contribution < -0.4 is 0 Å². The molecule has 104 valence electrons. The quantitative estimate of drug-likeness (QED) is 0.669. The largest absolute Gasteiger partial charge is 0.396 e. The van der Waals surface area contributed by atoms with Gasteiger partial charge in [0.05, 0.1) is 0 Å². The topological polar surface area (TPSA) is 57.5 Å². The minimum atomic E-state index is -0.798.